The van der Waals surface area contributed by atoms with Gasteiger partial charge in [-0.15, -0.1) is 0 Å². The van der Waals surface area contributed by atoms with Crippen molar-refractivity contribution in [3.8, 4) is 5.75 Å². The molecule has 0 atom stereocenters. The molecule has 0 aliphatic heterocycles. The molecule has 0 heterocycles. The molecule has 3 nitrogen and oxygen atoms in total. The lowest BCUT2D eigenvalue weighted by molar-refractivity contribution is 0.0600. The standard InChI is InChI=1S/C16H14O3/c1-19-16(18)14-10-9-13(15(17)11-14)8-7-12-5-3-2-4-6-12/h2-11,17H,1H3. The van der Waals surface area contributed by atoms with Gasteiger partial charge in [0.2, 0.25) is 0 Å². The number of rotatable bonds is 3. The van der Waals surface area contributed by atoms with Crippen LogP contribution in [0.1, 0.15) is 21.5 Å². The Morgan fingerprint density at radius 2 is 1.84 bits per heavy atom. The molecule has 0 radical (unpaired) electrons. The third kappa shape index (κ3) is 3.22. The molecule has 2 rings (SSSR count). The maximum atomic E-state index is 11.3. The maximum Gasteiger partial charge on any atom is 0.337 e. The summed E-state index contributed by atoms with van der Waals surface area (Å²) in [6.45, 7) is 0. The lowest BCUT2D eigenvalue weighted by Gasteiger charge is -2.03. The van der Waals surface area contributed by atoms with Gasteiger partial charge in [-0.05, 0) is 17.7 Å². The smallest absolute Gasteiger partial charge is 0.337 e. The number of hydrogen-bond acceptors (Lipinski definition) is 3. The van der Waals surface area contributed by atoms with E-state index in [-0.39, 0.29) is 5.75 Å². The van der Waals surface area contributed by atoms with Crippen LogP contribution in [-0.4, -0.2) is 18.2 Å². The highest BCUT2D eigenvalue weighted by atomic mass is 16.5. The van der Waals surface area contributed by atoms with Gasteiger partial charge in [0.15, 0.2) is 0 Å². The van der Waals surface area contributed by atoms with Gasteiger partial charge >= 0.3 is 5.97 Å². The summed E-state index contributed by atoms with van der Waals surface area (Å²) in [5.41, 5.74) is 2.02. The summed E-state index contributed by atoms with van der Waals surface area (Å²) in [5, 5.41) is 9.85. The number of esters is 1. The van der Waals surface area contributed by atoms with Crippen LogP contribution in [0.2, 0.25) is 0 Å². The molecule has 0 saturated carbocycles. The first-order valence-corrected chi connectivity index (χ1v) is 5.85. The Kier molecular flexibility index (Phi) is 3.98. The zero-order valence-electron chi connectivity index (χ0n) is 10.5. The van der Waals surface area contributed by atoms with Crippen molar-refractivity contribution in [2.45, 2.75) is 0 Å². The SMILES string of the molecule is COC(=O)c1ccc(C=Cc2ccccc2)c(O)c1. The fourth-order valence-electron chi connectivity index (χ4n) is 1.68. The third-order valence-corrected chi connectivity index (χ3v) is 2.71. The van der Waals surface area contributed by atoms with Gasteiger partial charge in [-0.25, -0.2) is 4.79 Å². The van der Waals surface area contributed by atoms with Crippen molar-refractivity contribution in [2.24, 2.45) is 0 Å². The summed E-state index contributed by atoms with van der Waals surface area (Å²) < 4.78 is 4.59. The van der Waals surface area contributed by atoms with Crippen molar-refractivity contribution >= 4 is 18.1 Å². The Morgan fingerprint density at radius 1 is 1.11 bits per heavy atom. The number of phenols is 1. The van der Waals surface area contributed by atoms with Crippen molar-refractivity contribution in [2.75, 3.05) is 7.11 Å². The Labute approximate surface area is 111 Å². The molecule has 96 valence electrons. The van der Waals surface area contributed by atoms with Gasteiger partial charge in [-0.3, -0.25) is 0 Å². The van der Waals surface area contributed by atoms with Crippen LogP contribution in [0.3, 0.4) is 0 Å². The minimum atomic E-state index is -0.464. The predicted molar refractivity (Wildman–Crippen MR) is 74.8 cm³/mol. The fraction of sp³-hybridized carbons (Fsp3) is 0.0625. The average Bonchev–Trinajstić information content (AvgIpc) is 2.46. The van der Waals surface area contributed by atoms with Crippen LogP contribution in [0, 0.1) is 0 Å². The number of carbonyl (C=O) groups is 1. The van der Waals surface area contributed by atoms with E-state index in [1.165, 1.54) is 13.2 Å². The second-order valence-electron chi connectivity index (χ2n) is 4.01. The van der Waals surface area contributed by atoms with Crippen LogP contribution in [0.25, 0.3) is 12.2 Å². The zero-order valence-corrected chi connectivity index (χ0v) is 10.5. The largest absolute Gasteiger partial charge is 0.507 e. The topological polar surface area (TPSA) is 46.5 Å². The van der Waals surface area contributed by atoms with Gasteiger partial charge < -0.3 is 9.84 Å². The summed E-state index contributed by atoms with van der Waals surface area (Å²) in [5.74, 6) is -0.413. The van der Waals surface area contributed by atoms with Crippen LogP contribution in [-0.2, 0) is 4.74 Å². The van der Waals surface area contributed by atoms with Crippen molar-refractivity contribution in [1.29, 1.82) is 0 Å². The first-order chi connectivity index (χ1) is 9.20. The van der Waals surface area contributed by atoms with E-state index in [2.05, 4.69) is 4.74 Å². The quantitative estimate of drug-likeness (QED) is 0.675. The second-order valence-corrected chi connectivity index (χ2v) is 4.01. The normalized spacial score (nSPS) is 10.6. The summed E-state index contributed by atoms with van der Waals surface area (Å²) in [4.78, 5) is 11.3. The van der Waals surface area contributed by atoms with Crippen LogP contribution >= 0.6 is 0 Å². The number of phenolic OH excluding ortho intramolecular Hbond substituents is 1. The van der Waals surface area contributed by atoms with Crippen LogP contribution < -0.4 is 0 Å². The Balaban J connectivity index is 2.22. The Bertz CT molecular complexity index is 601. The molecule has 0 amide bonds. The molecule has 0 fully saturated rings. The number of ether oxygens (including phenoxy) is 1. The van der Waals surface area contributed by atoms with E-state index in [1.54, 1.807) is 18.2 Å². The van der Waals surface area contributed by atoms with Gasteiger partial charge in [0.25, 0.3) is 0 Å². The van der Waals surface area contributed by atoms with E-state index in [0.29, 0.717) is 11.1 Å². The van der Waals surface area contributed by atoms with Gasteiger partial charge in [-0.1, -0.05) is 48.6 Å². The van der Waals surface area contributed by atoms with Crippen molar-refractivity contribution in [1.82, 2.24) is 0 Å². The maximum absolute atomic E-state index is 11.3. The zero-order chi connectivity index (χ0) is 13.7. The summed E-state index contributed by atoms with van der Waals surface area (Å²) in [6, 6.07) is 14.5. The van der Waals surface area contributed by atoms with E-state index in [0.717, 1.165) is 5.56 Å². The molecule has 0 aromatic heterocycles. The van der Waals surface area contributed by atoms with Crippen molar-refractivity contribution < 1.29 is 14.6 Å². The van der Waals surface area contributed by atoms with Gasteiger partial charge in [0, 0.05) is 5.56 Å². The molecule has 1 N–H and O–H groups in total. The minimum absolute atomic E-state index is 0.0510. The number of methoxy groups -OCH3 is 1. The first-order valence-electron chi connectivity index (χ1n) is 5.85. The molecule has 19 heavy (non-hydrogen) atoms. The molecule has 0 spiro atoms. The Morgan fingerprint density at radius 3 is 2.47 bits per heavy atom. The monoisotopic (exact) mass is 254 g/mol. The molecule has 2 aromatic rings. The minimum Gasteiger partial charge on any atom is -0.507 e. The lowest BCUT2D eigenvalue weighted by Crippen LogP contribution is -2.00. The summed E-state index contributed by atoms with van der Waals surface area (Å²) in [7, 11) is 1.31. The second kappa shape index (κ2) is 5.87. The Hall–Kier alpha value is -2.55. The van der Waals surface area contributed by atoms with Gasteiger partial charge in [0.1, 0.15) is 5.75 Å². The average molecular weight is 254 g/mol. The predicted octanol–water partition coefficient (Wildman–Crippen LogP) is 3.35. The number of benzene rings is 2. The molecular formula is C16H14O3. The van der Waals surface area contributed by atoms with E-state index in [4.69, 9.17) is 0 Å². The third-order valence-electron chi connectivity index (χ3n) is 2.71. The number of hydrogen-bond donors (Lipinski definition) is 1. The molecular weight excluding hydrogens is 240 g/mol. The van der Waals surface area contributed by atoms with E-state index < -0.39 is 5.97 Å². The fourth-order valence-corrected chi connectivity index (χ4v) is 1.68. The highest BCUT2D eigenvalue weighted by Crippen LogP contribution is 2.21. The van der Waals surface area contributed by atoms with E-state index in [9.17, 15) is 9.90 Å². The summed E-state index contributed by atoms with van der Waals surface area (Å²) >= 11 is 0. The molecule has 0 bridgehead atoms. The van der Waals surface area contributed by atoms with E-state index >= 15 is 0 Å². The van der Waals surface area contributed by atoms with Crippen LogP contribution in [0.15, 0.2) is 48.5 Å². The number of aromatic hydroxyl groups is 1. The molecule has 3 heteroatoms. The van der Waals surface area contributed by atoms with Crippen molar-refractivity contribution in [3.05, 3.63) is 65.2 Å². The lowest BCUT2D eigenvalue weighted by atomic mass is 10.1. The highest BCUT2D eigenvalue weighted by molar-refractivity contribution is 5.90. The van der Waals surface area contributed by atoms with Crippen molar-refractivity contribution in [3.63, 3.8) is 0 Å². The molecule has 0 aliphatic rings. The molecule has 0 unspecified atom stereocenters. The van der Waals surface area contributed by atoms with Gasteiger partial charge in [-0.2, -0.15) is 0 Å². The van der Waals surface area contributed by atoms with Gasteiger partial charge in [0.05, 0.1) is 12.7 Å². The summed E-state index contributed by atoms with van der Waals surface area (Å²) in [6.07, 6.45) is 3.69. The number of carbonyl (C=O) groups excluding carboxylic acids is 1. The van der Waals surface area contributed by atoms with Crippen LogP contribution in [0.4, 0.5) is 0 Å². The van der Waals surface area contributed by atoms with Crippen LogP contribution in [0.5, 0.6) is 5.75 Å². The molecule has 0 aliphatic carbocycles. The molecule has 2 aromatic carbocycles. The first kappa shape index (κ1) is 12.9. The van der Waals surface area contributed by atoms with E-state index in [1.807, 2.05) is 36.4 Å². The molecule has 0 saturated heterocycles. The highest BCUT2D eigenvalue weighted by Gasteiger charge is 2.07.